The minimum Gasteiger partial charge on any atom is -0.504 e. The van der Waals surface area contributed by atoms with E-state index < -0.39 is 6.10 Å². The molecule has 0 heterocycles. The summed E-state index contributed by atoms with van der Waals surface area (Å²) in [6.45, 7) is 3.91. The van der Waals surface area contributed by atoms with Crippen LogP contribution in [0.25, 0.3) is 0 Å². The molecule has 25 heavy (non-hydrogen) atoms. The number of amides is 1. The number of hydrazone groups is 1. The van der Waals surface area contributed by atoms with Crippen LogP contribution in [0.3, 0.4) is 0 Å². The summed E-state index contributed by atoms with van der Waals surface area (Å²) in [6, 6.07) is 12.0. The van der Waals surface area contributed by atoms with Crippen LogP contribution in [0.4, 0.5) is 0 Å². The van der Waals surface area contributed by atoms with Crippen LogP contribution >= 0.6 is 15.9 Å². The summed E-state index contributed by atoms with van der Waals surface area (Å²) < 4.78 is 11.8. The van der Waals surface area contributed by atoms with Crippen LogP contribution in [-0.4, -0.2) is 29.9 Å². The molecule has 0 radical (unpaired) electrons. The fourth-order valence-electron chi connectivity index (χ4n) is 1.91. The number of nitrogens with one attached hydrogen (secondary N) is 1. The molecule has 0 saturated carbocycles. The topological polar surface area (TPSA) is 80.2 Å². The Balaban J connectivity index is 1.91. The van der Waals surface area contributed by atoms with E-state index in [2.05, 4.69) is 26.5 Å². The third kappa shape index (κ3) is 5.79. The first kappa shape index (κ1) is 18.8. The molecule has 0 aromatic heterocycles. The lowest BCUT2D eigenvalue weighted by molar-refractivity contribution is -0.127. The van der Waals surface area contributed by atoms with Gasteiger partial charge in [0.1, 0.15) is 5.75 Å². The summed E-state index contributed by atoms with van der Waals surface area (Å²) in [4.78, 5) is 12.0. The van der Waals surface area contributed by atoms with Crippen LogP contribution < -0.4 is 14.9 Å². The average Bonchev–Trinajstić information content (AvgIpc) is 2.59. The molecule has 1 amide bonds. The van der Waals surface area contributed by atoms with Crippen LogP contribution in [0.15, 0.2) is 52.0 Å². The summed E-state index contributed by atoms with van der Waals surface area (Å²) in [6.07, 6.45) is 0.767. The molecule has 0 fully saturated rings. The van der Waals surface area contributed by atoms with Crippen molar-refractivity contribution in [3.05, 3.63) is 52.5 Å². The minimum atomic E-state index is -0.697. The number of aromatic hydroxyl groups is 1. The molecule has 0 spiro atoms. The number of carbonyl (C=O) groups excluding carboxylic acids is 1. The van der Waals surface area contributed by atoms with Gasteiger partial charge in [-0.2, -0.15) is 5.10 Å². The molecular weight excluding hydrogens is 388 g/mol. The van der Waals surface area contributed by atoms with E-state index in [4.69, 9.17) is 9.47 Å². The van der Waals surface area contributed by atoms with Gasteiger partial charge in [0, 0.05) is 4.47 Å². The molecule has 132 valence electrons. The Bertz CT molecular complexity index is 747. The molecule has 7 heteroatoms. The molecule has 2 N–H and O–H groups in total. The average molecular weight is 407 g/mol. The third-order valence-corrected chi connectivity index (χ3v) is 3.70. The molecule has 6 nitrogen and oxygen atoms in total. The Kier molecular flexibility index (Phi) is 6.82. The maximum Gasteiger partial charge on any atom is 0.280 e. The Labute approximate surface area is 154 Å². The van der Waals surface area contributed by atoms with Gasteiger partial charge in [0.2, 0.25) is 0 Å². The summed E-state index contributed by atoms with van der Waals surface area (Å²) in [5.74, 6) is 0.641. The number of phenols is 1. The third-order valence-electron chi connectivity index (χ3n) is 3.17. The number of benzene rings is 2. The van der Waals surface area contributed by atoms with Gasteiger partial charge in [-0.3, -0.25) is 4.79 Å². The van der Waals surface area contributed by atoms with Gasteiger partial charge in [-0.1, -0.05) is 15.9 Å². The standard InChI is InChI=1S/C18H19BrN2O4/c1-3-24-17-10-13(4-9-16(17)22)11-20-21-18(23)12(2)25-15-7-5-14(19)6-8-15/h4-12,22H,3H2,1-2H3,(H,21,23)/b20-11-/t12-/m0/s1. The first-order valence-corrected chi connectivity index (χ1v) is 8.50. The number of phenolic OH excluding ortho intramolecular Hbond substituents is 1. The van der Waals surface area contributed by atoms with Gasteiger partial charge < -0.3 is 14.6 Å². The number of halogens is 1. The van der Waals surface area contributed by atoms with Crippen molar-refractivity contribution in [3.63, 3.8) is 0 Å². The highest BCUT2D eigenvalue weighted by atomic mass is 79.9. The van der Waals surface area contributed by atoms with E-state index in [9.17, 15) is 9.90 Å². The van der Waals surface area contributed by atoms with Gasteiger partial charge in [-0.15, -0.1) is 0 Å². The van der Waals surface area contributed by atoms with Crippen molar-refractivity contribution in [1.82, 2.24) is 5.43 Å². The van der Waals surface area contributed by atoms with E-state index in [1.165, 1.54) is 12.3 Å². The van der Waals surface area contributed by atoms with Gasteiger partial charge in [0.05, 0.1) is 12.8 Å². The highest BCUT2D eigenvalue weighted by Crippen LogP contribution is 2.26. The lowest BCUT2D eigenvalue weighted by Gasteiger charge is -2.12. The van der Waals surface area contributed by atoms with E-state index in [-0.39, 0.29) is 11.7 Å². The van der Waals surface area contributed by atoms with Crippen LogP contribution in [-0.2, 0) is 4.79 Å². The van der Waals surface area contributed by atoms with Crippen molar-refractivity contribution < 1.29 is 19.4 Å². The molecule has 0 aliphatic carbocycles. The van der Waals surface area contributed by atoms with E-state index in [1.54, 1.807) is 31.2 Å². The summed E-state index contributed by atoms with van der Waals surface area (Å²) in [5, 5.41) is 13.6. The van der Waals surface area contributed by atoms with Crippen LogP contribution in [0.5, 0.6) is 17.2 Å². The minimum absolute atomic E-state index is 0.0551. The number of hydrogen-bond acceptors (Lipinski definition) is 5. The quantitative estimate of drug-likeness (QED) is 0.544. The van der Waals surface area contributed by atoms with Gasteiger partial charge in [0.15, 0.2) is 17.6 Å². The first-order chi connectivity index (χ1) is 12.0. The molecule has 0 saturated heterocycles. The van der Waals surface area contributed by atoms with Crippen molar-refractivity contribution in [2.45, 2.75) is 20.0 Å². The molecule has 0 aliphatic heterocycles. The molecule has 2 rings (SSSR count). The fraction of sp³-hybridized carbons (Fsp3) is 0.222. The lowest BCUT2D eigenvalue weighted by Crippen LogP contribution is -2.33. The maximum absolute atomic E-state index is 12.0. The largest absolute Gasteiger partial charge is 0.504 e. The van der Waals surface area contributed by atoms with Crippen LogP contribution in [0.2, 0.25) is 0 Å². The van der Waals surface area contributed by atoms with E-state index in [0.29, 0.717) is 23.7 Å². The Hall–Kier alpha value is -2.54. The van der Waals surface area contributed by atoms with E-state index in [1.807, 2.05) is 19.1 Å². The summed E-state index contributed by atoms with van der Waals surface area (Å²) in [7, 11) is 0. The molecule has 2 aromatic carbocycles. The smallest absolute Gasteiger partial charge is 0.280 e. The lowest BCUT2D eigenvalue weighted by atomic mass is 10.2. The summed E-state index contributed by atoms with van der Waals surface area (Å²) >= 11 is 3.34. The van der Waals surface area contributed by atoms with Crippen molar-refractivity contribution in [1.29, 1.82) is 0 Å². The Morgan fingerprint density at radius 2 is 2.04 bits per heavy atom. The van der Waals surface area contributed by atoms with Crippen molar-refractivity contribution in [2.24, 2.45) is 5.10 Å². The second-order valence-corrected chi connectivity index (χ2v) is 6.02. The molecule has 0 bridgehead atoms. The highest BCUT2D eigenvalue weighted by Gasteiger charge is 2.13. The number of carbonyl (C=O) groups is 1. The zero-order valence-corrected chi connectivity index (χ0v) is 15.5. The summed E-state index contributed by atoms with van der Waals surface area (Å²) in [5.41, 5.74) is 3.10. The zero-order chi connectivity index (χ0) is 18.2. The second-order valence-electron chi connectivity index (χ2n) is 5.11. The maximum atomic E-state index is 12.0. The Morgan fingerprint density at radius 3 is 2.72 bits per heavy atom. The van der Waals surface area contributed by atoms with Crippen LogP contribution in [0.1, 0.15) is 19.4 Å². The molecule has 0 unspecified atom stereocenters. The van der Waals surface area contributed by atoms with Crippen LogP contribution in [0, 0.1) is 0 Å². The predicted octanol–water partition coefficient (Wildman–Crippen LogP) is 3.47. The number of hydrogen-bond donors (Lipinski definition) is 2. The van der Waals surface area contributed by atoms with Gasteiger partial charge in [-0.05, 0) is 61.9 Å². The molecule has 2 aromatic rings. The Morgan fingerprint density at radius 1 is 1.32 bits per heavy atom. The number of rotatable bonds is 7. The molecule has 1 atom stereocenters. The SMILES string of the molecule is CCOc1cc(/C=N\NC(=O)[C@H](C)Oc2ccc(Br)cc2)ccc1O. The van der Waals surface area contributed by atoms with Crippen molar-refractivity contribution in [2.75, 3.05) is 6.61 Å². The predicted molar refractivity (Wildman–Crippen MR) is 99.2 cm³/mol. The molecular formula is C18H19BrN2O4. The van der Waals surface area contributed by atoms with E-state index in [0.717, 1.165) is 4.47 Å². The van der Waals surface area contributed by atoms with Gasteiger partial charge in [0.25, 0.3) is 5.91 Å². The monoisotopic (exact) mass is 406 g/mol. The zero-order valence-electron chi connectivity index (χ0n) is 13.9. The molecule has 0 aliphatic rings. The van der Waals surface area contributed by atoms with E-state index >= 15 is 0 Å². The van der Waals surface area contributed by atoms with Gasteiger partial charge >= 0.3 is 0 Å². The van der Waals surface area contributed by atoms with Crippen molar-refractivity contribution >= 4 is 28.1 Å². The number of ether oxygens (including phenoxy) is 2. The number of nitrogens with zero attached hydrogens (tertiary/aromatic N) is 1. The highest BCUT2D eigenvalue weighted by molar-refractivity contribution is 9.10. The normalized spacial score (nSPS) is 12.0. The fourth-order valence-corrected chi connectivity index (χ4v) is 2.18. The van der Waals surface area contributed by atoms with Gasteiger partial charge in [-0.25, -0.2) is 5.43 Å². The first-order valence-electron chi connectivity index (χ1n) is 7.70. The van der Waals surface area contributed by atoms with Crippen molar-refractivity contribution in [3.8, 4) is 17.2 Å². The second kappa shape index (κ2) is 9.08.